The Bertz CT molecular complexity index is 1270. The third kappa shape index (κ3) is 7.37. The Labute approximate surface area is 207 Å². The van der Waals surface area contributed by atoms with Crippen LogP contribution in [0.4, 0.5) is 17.2 Å². The fourth-order valence-corrected chi connectivity index (χ4v) is 3.97. The van der Waals surface area contributed by atoms with E-state index in [1.54, 1.807) is 0 Å². The molecule has 35 heavy (non-hydrogen) atoms. The first kappa shape index (κ1) is 26.4. The fraction of sp³-hybridized carbons (Fsp3) is 0.400. The van der Waals surface area contributed by atoms with Crippen LogP contribution in [0, 0.1) is 13.8 Å². The zero-order chi connectivity index (χ0) is 25.6. The van der Waals surface area contributed by atoms with Crippen LogP contribution in [-0.2, 0) is 10.0 Å². The summed E-state index contributed by atoms with van der Waals surface area (Å²) in [4.78, 5) is 2.10. The lowest BCUT2D eigenvalue weighted by atomic mass is 10.1. The number of likely N-dealkylation sites (N-methyl/N-ethyl adjacent to an activating group) is 1. The van der Waals surface area contributed by atoms with Crippen molar-refractivity contribution in [2.45, 2.75) is 40.5 Å². The minimum atomic E-state index is -3.21. The van der Waals surface area contributed by atoms with E-state index in [-0.39, 0.29) is 5.92 Å². The Morgan fingerprint density at radius 3 is 2.43 bits per heavy atom. The highest BCUT2D eigenvalue weighted by molar-refractivity contribution is 7.88. The van der Waals surface area contributed by atoms with Crippen LogP contribution in [0.25, 0.3) is 0 Å². The van der Waals surface area contributed by atoms with E-state index in [0.29, 0.717) is 30.4 Å². The van der Waals surface area contributed by atoms with Gasteiger partial charge in [-0.3, -0.25) is 5.10 Å². The van der Waals surface area contributed by atoms with Crippen LogP contribution in [-0.4, -0.2) is 44.5 Å². The van der Waals surface area contributed by atoms with Gasteiger partial charge < -0.3 is 9.64 Å². The van der Waals surface area contributed by atoms with Gasteiger partial charge in [0.15, 0.2) is 5.75 Å². The average Bonchev–Trinajstić information content (AvgIpc) is 3.19. The van der Waals surface area contributed by atoms with Crippen molar-refractivity contribution in [2.24, 2.45) is 10.2 Å². The van der Waals surface area contributed by atoms with Crippen LogP contribution < -0.4 is 14.4 Å². The van der Waals surface area contributed by atoms with Crippen molar-refractivity contribution in [3.05, 3.63) is 59.3 Å². The standard InChI is InChI=1S/C25H34N6O3S/c1-7-31(15-14-26-35(6,32)33)20-10-13-22(19(5)16-20)27-29-25-24(23(17(2)3)28-30-25)34-21-11-8-18(4)9-12-21/h8-13,16-17,26H,7,14-15H2,1-6H3,(H,28,30). The van der Waals surface area contributed by atoms with Gasteiger partial charge in [0.1, 0.15) is 5.75 Å². The van der Waals surface area contributed by atoms with Gasteiger partial charge >= 0.3 is 0 Å². The highest BCUT2D eigenvalue weighted by atomic mass is 32.2. The van der Waals surface area contributed by atoms with Crippen molar-refractivity contribution in [1.29, 1.82) is 0 Å². The largest absolute Gasteiger partial charge is 0.451 e. The number of H-pyrrole nitrogens is 1. The number of ether oxygens (including phenoxy) is 1. The molecule has 9 nitrogen and oxygen atoms in total. The number of anilines is 1. The molecule has 0 fully saturated rings. The smallest absolute Gasteiger partial charge is 0.238 e. The molecule has 3 rings (SSSR count). The quantitative estimate of drug-likeness (QED) is 0.328. The molecule has 0 atom stereocenters. The fourth-order valence-electron chi connectivity index (χ4n) is 3.50. The molecule has 188 valence electrons. The lowest BCUT2D eigenvalue weighted by Gasteiger charge is -2.23. The molecule has 10 heteroatoms. The molecular weight excluding hydrogens is 464 g/mol. The first-order chi connectivity index (χ1) is 16.6. The van der Waals surface area contributed by atoms with Crippen molar-refractivity contribution < 1.29 is 13.2 Å². The minimum Gasteiger partial charge on any atom is -0.451 e. The highest BCUT2D eigenvalue weighted by Crippen LogP contribution is 2.38. The van der Waals surface area contributed by atoms with Gasteiger partial charge in [-0.2, -0.15) is 0 Å². The summed E-state index contributed by atoms with van der Waals surface area (Å²) in [7, 11) is -3.21. The monoisotopic (exact) mass is 498 g/mol. The third-order valence-electron chi connectivity index (χ3n) is 5.47. The molecule has 0 saturated heterocycles. The second-order valence-corrected chi connectivity index (χ2v) is 10.6. The molecule has 0 aliphatic heterocycles. The number of azo groups is 1. The number of benzene rings is 2. The molecule has 2 aromatic carbocycles. The normalized spacial score (nSPS) is 12.0. The number of aryl methyl sites for hydroxylation is 2. The summed E-state index contributed by atoms with van der Waals surface area (Å²) in [6.07, 6.45) is 1.16. The Kier molecular flexibility index (Phi) is 8.63. The van der Waals surface area contributed by atoms with Gasteiger partial charge in [0.2, 0.25) is 15.8 Å². The zero-order valence-corrected chi connectivity index (χ0v) is 22.0. The summed E-state index contributed by atoms with van der Waals surface area (Å²) < 4.78 is 31.3. The Hall–Kier alpha value is -3.24. The van der Waals surface area contributed by atoms with Gasteiger partial charge in [0, 0.05) is 25.3 Å². The molecule has 0 unspecified atom stereocenters. The summed E-state index contributed by atoms with van der Waals surface area (Å²) >= 11 is 0. The number of nitrogens with one attached hydrogen (secondary N) is 2. The summed E-state index contributed by atoms with van der Waals surface area (Å²) in [5.74, 6) is 1.84. The topological polar surface area (TPSA) is 112 Å². The molecule has 0 aliphatic carbocycles. The lowest BCUT2D eigenvalue weighted by Crippen LogP contribution is -2.34. The van der Waals surface area contributed by atoms with Crippen molar-refractivity contribution in [3.8, 4) is 11.5 Å². The van der Waals surface area contributed by atoms with Crippen molar-refractivity contribution in [3.63, 3.8) is 0 Å². The number of nitrogens with zero attached hydrogens (tertiary/aromatic N) is 4. The molecule has 3 aromatic rings. The summed E-state index contributed by atoms with van der Waals surface area (Å²) in [5, 5.41) is 16.2. The number of aromatic amines is 1. The number of rotatable bonds is 11. The predicted molar refractivity (Wildman–Crippen MR) is 140 cm³/mol. The number of hydrogen-bond donors (Lipinski definition) is 2. The molecule has 0 spiro atoms. The summed E-state index contributed by atoms with van der Waals surface area (Å²) in [6, 6.07) is 13.7. The Morgan fingerprint density at radius 1 is 1.11 bits per heavy atom. The predicted octanol–water partition coefficient (Wildman–Crippen LogP) is 5.73. The van der Waals surface area contributed by atoms with E-state index in [1.165, 1.54) is 0 Å². The van der Waals surface area contributed by atoms with Crippen LogP contribution >= 0.6 is 0 Å². The molecule has 0 amide bonds. The molecule has 2 N–H and O–H groups in total. The molecular formula is C25H34N6O3S. The van der Waals surface area contributed by atoms with Gasteiger partial charge in [0.25, 0.3) is 0 Å². The van der Waals surface area contributed by atoms with Gasteiger partial charge in [-0.15, -0.1) is 15.3 Å². The van der Waals surface area contributed by atoms with E-state index in [0.717, 1.165) is 41.0 Å². The van der Waals surface area contributed by atoms with Crippen molar-refractivity contribution >= 4 is 27.2 Å². The van der Waals surface area contributed by atoms with Crippen LogP contribution in [0.5, 0.6) is 11.5 Å². The van der Waals surface area contributed by atoms with Crippen LogP contribution in [0.15, 0.2) is 52.7 Å². The van der Waals surface area contributed by atoms with E-state index in [1.807, 2.05) is 63.2 Å². The van der Waals surface area contributed by atoms with E-state index >= 15 is 0 Å². The maximum Gasteiger partial charge on any atom is 0.238 e. The molecule has 1 aromatic heterocycles. The Morgan fingerprint density at radius 2 is 1.83 bits per heavy atom. The van der Waals surface area contributed by atoms with Gasteiger partial charge in [-0.05, 0) is 62.6 Å². The first-order valence-electron chi connectivity index (χ1n) is 11.6. The lowest BCUT2D eigenvalue weighted by molar-refractivity contribution is 0.474. The van der Waals surface area contributed by atoms with Gasteiger partial charge in [-0.1, -0.05) is 31.5 Å². The van der Waals surface area contributed by atoms with Gasteiger partial charge in [-0.25, -0.2) is 13.1 Å². The van der Waals surface area contributed by atoms with E-state index < -0.39 is 10.0 Å². The maximum atomic E-state index is 11.3. The van der Waals surface area contributed by atoms with Crippen LogP contribution in [0.1, 0.15) is 43.5 Å². The summed E-state index contributed by atoms with van der Waals surface area (Å²) in [5.41, 5.74) is 4.66. The number of sulfonamides is 1. The molecule has 1 heterocycles. The van der Waals surface area contributed by atoms with Crippen molar-refractivity contribution in [2.75, 3.05) is 30.8 Å². The minimum absolute atomic E-state index is 0.171. The molecule has 0 bridgehead atoms. The second-order valence-electron chi connectivity index (χ2n) is 8.78. The van der Waals surface area contributed by atoms with E-state index in [9.17, 15) is 8.42 Å². The SMILES string of the molecule is CCN(CCNS(C)(=O)=O)c1ccc(N=Nc2n[nH]c(C(C)C)c2Oc2ccc(C)cc2)c(C)c1. The second kappa shape index (κ2) is 11.5. The molecule has 0 aliphatic rings. The average molecular weight is 499 g/mol. The van der Waals surface area contributed by atoms with E-state index in [4.69, 9.17) is 4.74 Å². The maximum absolute atomic E-state index is 11.3. The number of aromatic nitrogens is 2. The Balaban J connectivity index is 1.80. The molecule has 0 radical (unpaired) electrons. The molecule has 0 saturated carbocycles. The van der Waals surface area contributed by atoms with Gasteiger partial charge in [0.05, 0.1) is 17.6 Å². The van der Waals surface area contributed by atoms with Crippen LogP contribution in [0.3, 0.4) is 0 Å². The highest BCUT2D eigenvalue weighted by Gasteiger charge is 2.18. The van der Waals surface area contributed by atoms with E-state index in [2.05, 4.69) is 43.9 Å². The zero-order valence-electron chi connectivity index (χ0n) is 21.2. The number of hydrogen-bond acceptors (Lipinski definition) is 7. The van der Waals surface area contributed by atoms with Crippen molar-refractivity contribution in [1.82, 2.24) is 14.9 Å². The third-order valence-corrected chi connectivity index (χ3v) is 6.20. The summed E-state index contributed by atoms with van der Waals surface area (Å²) in [6.45, 7) is 11.8. The first-order valence-corrected chi connectivity index (χ1v) is 13.5. The van der Waals surface area contributed by atoms with Crippen LogP contribution in [0.2, 0.25) is 0 Å².